The number of hydrogen-bond donors (Lipinski definition) is 2. The summed E-state index contributed by atoms with van der Waals surface area (Å²) < 4.78 is 18.5. The second-order valence-electron chi connectivity index (χ2n) is 3.96. The maximum atomic E-state index is 13.7. The van der Waals surface area contributed by atoms with E-state index >= 15 is 0 Å². The Morgan fingerprint density at radius 2 is 2.35 bits per heavy atom. The Morgan fingerprint density at radius 3 is 3.12 bits per heavy atom. The minimum atomic E-state index is -0.315. The molecule has 0 saturated carbocycles. The van der Waals surface area contributed by atoms with Crippen molar-refractivity contribution in [3.8, 4) is 0 Å². The number of halogens is 1. The summed E-state index contributed by atoms with van der Waals surface area (Å²) >= 11 is 0. The number of benzene rings is 1. The lowest BCUT2D eigenvalue weighted by molar-refractivity contribution is 0.0965. The van der Waals surface area contributed by atoms with Crippen LogP contribution in [0.3, 0.4) is 0 Å². The molecular weight excluding hydrogens is 223 g/mol. The van der Waals surface area contributed by atoms with E-state index in [9.17, 15) is 9.18 Å². The predicted molar refractivity (Wildman–Crippen MR) is 61.2 cm³/mol. The third-order valence-corrected chi connectivity index (χ3v) is 2.74. The topological polar surface area (TPSA) is 50.4 Å². The van der Waals surface area contributed by atoms with Gasteiger partial charge in [0.2, 0.25) is 0 Å². The molecule has 0 saturated heterocycles. The van der Waals surface area contributed by atoms with Crippen LogP contribution in [-0.4, -0.2) is 26.2 Å². The maximum Gasteiger partial charge on any atom is 0.252 e. The molecule has 2 N–H and O–H groups in total. The molecule has 1 heterocycles. The summed E-state index contributed by atoms with van der Waals surface area (Å²) in [5.41, 5.74) is 1.69. The number of methoxy groups -OCH3 is 1. The van der Waals surface area contributed by atoms with Crippen LogP contribution in [0.1, 0.15) is 21.5 Å². The van der Waals surface area contributed by atoms with Gasteiger partial charge in [0.05, 0.1) is 6.61 Å². The van der Waals surface area contributed by atoms with E-state index in [0.29, 0.717) is 30.8 Å². The lowest BCUT2D eigenvalue weighted by Gasteiger charge is -2.06. The van der Waals surface area contributed by atoms with Gasteiger partial charge in [-0.15, -0.1) is 0 Å². The highest BCUT2D eigenvalue weighted by atomic mass is 19.1. The Morgan fingerprint density at radius 1 is 1.53 bits per heavy atom. The van der Waals surface area contributed by atoms with Crippen molar-refractivity contribution >= 4 is 5.91 Å². The molecule has 0 radical (unpaired) electrons. The van der Waals surface area contributed by atoms with Crippen molar-refractivity contribution in [3.63, 3.8) is 0 Å². The molecule has 92 valence electrons. The first kappa shape index (κ1) is 12.0. The van der Waals surface area contributed by atoms with E-state index in [0.717, 1.165) is 5.56 Å². The lowest BCUT2D eigenvalue weighted by Crippen LogP contribution is -2.19. The summed E-state index contributed by atoms with van der Waals surface area (Å²) in [5.74, 6) is -0.512. The van der Waals surface area contributed by atoms with Crippen LogP contribution in [0.4, 0.5) is 4.39 Å². The van der Waals surface area contributed by atoms with Gasteiger partial charge in [-0.05, 0) is 17.7 Å². The van der Waals surface area contributed by atoms with Gasteiger partial charge < -0.3 is 15.4 Å². The van der Waals surface area contributed by atoms with E-state index in [1.54, 1.807) is 13.2 Å². The average molecular weight is 238 g/mol. The number of amides is 1. The van der Waals surface area contributed by atoms with Crippen molar-refractivity contribution in [2.75, 3.05) is 20.3 Å². The van der Waals surface area contributed by atoms with E-state index < -0.39 is 0 Å². The van der Waals surface area contributed by atoms with E-state index in [-0.39, 0.29) is 18.3 Å². The fourth-order valence-electron chi connectivity index (χ4n) is 1.85. The van der Waals surface area contributed by atoms with Crippen LogP contribution < -0.4 is 10.6 Å². The molecule has 0 unspecified atom stereocenters. The van der Waals surface area contributed by atoms with Gasteiger partial charge in [-0.3, -0.25) is 4.79 Å². The van der Waals surface area contributed by atoms with Gasteiger partial charge in [-0.25, -0.2) is 4.39 Å². The molecule has 5 heteroatoms. The third kappa shape index (κ3) is 2.62. The van der Waals surface area contributed by atoms with Gasteiger partial charge in [-0.1, -0.05) is 0 Å². The molecule has 0 atom stereocenters. The summed E-state index contributed by atoms with van der Waals surface area (Å²) in [6.07, 6.45) is 0. The Bertz CT molecular complexity index is 435. The quantitative estimate of drug-likeness (QED) is 0.746. The Labute approximate surface area is 99.2 Å². The zero-order chi connectivity index (χ0) is 12.3. The summed E-state index contributed by atoms with van der Waals surface area (Å²) in [4.78, 5) is 11.4. The van der Waals surface area contributed by atoms with Crippen molar-refractivity contribution in [2.24, 2.45) is 0 Å². The number of carbonyl (C=O) groups excluding carboxylic acids is 1. The van der Waals surface area contributed by atoms with Crippen LogP contribution in [0.2, 0.25) is 0 Å². The van der Waals surface area contributed by atoms with Crippen molar-refractivity contribution in [2.45, 2.75) is 13.1 Å². The van der Waals surface area contributed by atoms with Crippen LogP contribution >= 0.6 is 0 Å². The largest absolute Gasteiger partial charge is 0.383 e. The number of carbonyl (C=O) groups is 1. The van der Waals surface area contributed by atoms with E-state index in [1.165, 1.54) is 6.07 Å². The molecule has 1 aromatic carbocycles. The number of ether oxygens (including phenoxy) is 1. The van der Waals surface area contributed by atoms with Crippen LogP contribution in [0, 0.1) is 5.82 Å². The molecule has 0 aromatic heterocycles. The molecule has 0 aliphatic carbocycles. The number of fused-ring (bicyclic) bond motifs is 1. The Kier molecular flexibility index (Phi) is 3.71. The zero-order valence-corrected chi connectivity index (χ0v) is 9.68. The van der Waals surface area contributed by atoms with Crippen molar-refractivity contribution in [1.29, 1.82) is 0 Å². The second-order valence-corrected chi connectivity index (χ2v) is 3.96. The zero-order valence-electron chi connectivity index (χ0n) is 9.68. The van der Waals surface area contributed by atoms with Crippen molar-refractivity contribution in [3.05, 3.63) is 34.6 Å². The second kappa shape index (κ2) is 5.25. The van der Waals surface area contributed by atoms with Crippen LogP contribution in [-0.2, 0) is 17.8 Å². The molecule has 1 aliphatic rings. The molecule has 0 bridgehead atoms. The molecule has 0 fully saturated rings. The molecule has 4 nitrogen and oxygen atoms in total. The molecule has 1 aliphatic heterocycles. The first-order valence-corrected chi connectivity index (χ1v) is 5.51. The summed E-state index contributed by atoms with van der Waals surface area (Å²) in [7, 11) is 1.63. The summed E-state index contributed by atoms with van der Waals surface area (Å²) in [5, 5.41) is 5.72. The smallest absolute Gasteiger partial charge is 0.252 e. The van der Waals surface area contributed by atoms with Gasteiger partial charge >= 0.3 is 0 Å². The van der Waals surface area contributed by atoms with Gasteiger partial charge in [0.1, 0.15) is 5.82 Å². The van der Waals surface area contributed by atoms with Gasteiger partial charge in [0.15, 0.2) is 0 Å². The average Bonchev–Trinajstić information content (AvgIpc) is 2.68. The fourth-order valence-corrected chi connectivity index (χ4v) is 1.85. The van der Waals surface area contributed by atoms with Crippen LogP contribution in [0.15, 0.2) is 12.1 Å². The number of rotatable bonds is 5. The molecule has 17 heavy (non-hydrogen) atoms. The van der Waals surface area contributed by atoms with E-state index in [1.807, 2.05) is 0 Å². The van der Waals surface area contributed by atoms with Crippen LogP contribution in [0.25, 0.3) is 0 Å². The highest BCUT2D eigenvalue weighted by Gasteiger charge is 2.22. The number of nitrogens with one attached hydrogen (secondary N) is 2. The van der Waals surface area contributed by atoms with Gasteiger partial charge in [-0.2, -0.15) is 0 Å². The third-order valence-electron chi connectivity index (χ3n) is 2.74. The highest BCUT2D eigenvalue weighted by Crippen LogP contribution is 2.21. The van der Waals surface area contributed by atoms with Crippen molar-refractivity contribution in [1.82, 2.24) is 10.6 Å². The summed E-state index contributed by atoms with van der Waals surface area (Å²) in [6.45, 7) is 2.12. The lowest BCUT2D eigenvalue weighted by atomic mass is 10.1. The highest BCUT2D eigenvalue weighted by molar-refractivity contribution is 5.98. The minimum absolute atomic E-state index is 0.197. The molecule has 0 spiro atoms. The van der Waals surface area contributed by atoms with Crippen molar-refractivity contribution < 1.29 is 13.9 Å². The standard InChI is InChI=1S/C12H15FN2O2/c1-17-3-2-14-6-8-4-9-10(11(13)5-8)7-15-12(9)16/h4-5,14H,2-3,6-7H2,1H3,(H,15,16). The normalized spacial score (nSPS) is 13.6. The fraction of sp³-hybridized carbons (Fsp3) is 0.417. The van der Waals surface area contributed by atoms with E-state index in [4.69, 9.17) is 4.74 Å². The Hall–Kier alpha value is -1.46. The molecule has 1 amide bonds. The minimum Gasteiger partial charge on any atom is -0.383 e. The molecule has 2 rings (SSSR count). The van der Waals surface area contributed by atoms with E-state index in [2.05, 4.69) is 10.6 Å². The maximum absolute atomic E-state index is 13.7. The van der Waals surface area contributed by atoms with Crippen LogP contribution in [0.5, 0.6) is 0 Å². The predicted octanol–water partition coefficient (Wildman–Crippen LogP) is 0.805. The molecular formula is C12H15FN2O2. The SMILES string of the molecule is COCCNCc1cc(F)c2c(c1)C(=O)NC2. The summed E-state index contributed by atoms with van der Waals surface area (Å²) in [6, 6.07) is 3.21. The molecule has 1 aromatic rings. The first-order valence-electron chi connectivity index (χ1n) is 5.51. The first-order chi connectivity index (χ1) is 8.22. The number of hydrogen-bond acceptors (Lipinski definition) is 3. The van der Waals surface area contributed by atoms with Gasteiger partial charge in [0.25, 0.3) is 5.91 Å². The monoisotopic (exact) mass is 238 g/mol. The van der Waals surface area contributed by atoms with Gasteiger partial charge in [0, 0.05) is 37.9 Å². The Balaban J connectivity index is 2.07.